The molecule has 0 aliphatic carbocycles. The van der Waals surface area contributed by atoms with Crippen molar-refractivity contribution in [1.82, 2.24) is 4.90 Å². The number of hydrogen-bond acceptors (Lipinski definition) is 1. The average molecular weight is 369 g/mol. The van der Waals surface area contributed by atoms with Gasteiger partial charge in [-0.25, -0.2) is 9.18 Å². The number of urea groups is 1. The highest BCUT2D eigenvalue weighted by atomic mass is 35.5. The van der Waals surface area contributed by atoms with Crippen molar-refractivity contribution in [3.05, 3.63) is 101 Å². The zero-order valence-electron chi connectivity index (χ0n) is 14.0. The first-order valence-corrected chi connectivity index (χ1v) is 8.59. The van der Waals surface area contributed by atoms with Crippen LogP contribution in [0.4, 0.5) is 14.9 Å². The topological polar surface area (TPSA) is 32.3 Å². The largest absolute Gasteiger partial charge is 0.322 e. The smallest absolute Gasteiger partial charge is 0.316 e. The molecule has 1 N–H and O–H groups in total. The van der Waals surface area contributed by atoms with Crippen LogP contribution in [-0.2, 0) is 13.1 Å². The number of halogens is 2. The van der Waals surface area contributed by atoms with Crippen LogP contribution in [0, 0.1) is 5.82 Å². The summed E-state index contributed by atoms with van der Waals surface area (Å²) in [5.74, 6) is -0.565. The molecular formula is C21H18ClFN2O. The molecule has 0 radical (unpaired) electrons. The van der Waals surface area contributed by atoms with Crippen LogP contribution in [0.15, 0.2) is 78.9 Å². The number of anilines is 1. The lowest BCUT2D eigenvalue weighted by Crippen LogP contribution is -2.34. The molecule has 26 heavy (non-hydrogen) atoms. The number of nitrogens with zero attached hydrogens (tertiary/aromatic N) is 1. The van der Waals surface area contributed by atoms with Crippen molar-refractivity contribution < 1.29 is 9.18 Å². The maximum atomic E-state index is 14.0. The minimum absolute atomic E-state index is 0.00899. The van der Waals surface area contributed by atoms with Gasteiger partial charge < -0.3 is 10.2 Å². The molecule has 3 aromatic carbocycles. The van der Waals surface area contributed by atoms with E-state index in [1.165, 1.54) is 12.1 Å². The summed E-state index contributed by atoms with van der Waals surface area (Å²) in [7, 11) is 0. The van der Waals surface area contributed by atoms with Crippen molar-refractivity contribution in [2.45, 2.75) is 13.1 Å². The number of carbonyl (C=O) groups excluding carboxylic acids is 1. The van der Waals surface area contributed by atoms with Gasteiger partial charge in [-0.15, -0.1) is 0 Å². The van der Waals surface area contributed by atoms with Gasteiger partial charge in [0, 0.05) is 13.1 Å². The van der Waals surface area contributed by atoms with Crippen LogP contribution in [0.25, 0.3) is 0 Å². The van der Waals surface area contributed by atoms with Gasteiger partial charge in [-0.1, -0.05) is 78.3 Å². The lowest BCUT2D eigenvalue weighted by molar-refractivity contribution is 0.206. The van der Waals surface area contributed by atoms with Crippen molar-refractivity contribution in [3.63, 3.8) is 0 Å². The predicted molar refractivity (Wildman–Crippen MR) is 103 cm³/mol. The lowest BCUT2D eigenvalue weighted by atomic mass is 10.2. The Morgan fingerprint density at radius 1 is 0.846 bits per heavy atom. The third-order valence-electron chi connectivity index (χ3n) is 3.91. The Balaban J connectivity index is 1.83. The van der Waals surface area contributed by atoms with Crippen molar-refractivity contribution >= 4 is 23.3 Å². The molecule has 0 bridgehead atoms. The van der Waals surface area contributed by atoms with E-state index >= 15 is 0 Å². The van der Waals surface area contributed by atoms with Gasteiger partial charge in [0.05, 0.1) is 10.7 Å². The molecule has 132 valence electrons. The summed E-state index contributed by atoms with van der Waals surface area (Å²) in [4.78, 5) is 14.4. The van der Waals surface area contributed by atoms with Gasteiger partial charge >= 0.3 is 6.03 Å². The zero-order chi connectivity index (χ0) is 18.4. The van der Waals surface area contributed by atoms with E-state index in [1.54, 1.807) is 11.0 Å². The van der Waals surface area contributed by atoms with E-state index < -0.39 is 11.8 Å². The van der Waals surface area contributed by atoms with Gasteiger partial charge in [-0.2, -0.15) is 0 Å². The van der Waals surface area contributed by atoms with Crippen LogP contribution in [0.3, 0.4) is 0 Å². The number of hydrogen-bond donors (Lipinski definition) is 1. The van der Waals surface area contributed by atoms with Crippen molar-refractivity contribution in [2.75, 3.05) is 5.32 Å². The zero-order valence-corrected chi connectivity index (χ0v) is 14.8. The number of benzene rings is 3. The molecule has 0 saturated heterocycles. The third kappa shape index (κ3) is 4.61. The summed E-state index contributed by atoms with van der Waals surface area (Å²) in [6, 6.07) is 23.2. The Hall–Kier alpha value is -2.85. The lowest BCUT2D eigenvalue weighted by Gasteiger charge is -2.24. The standard InChI is InChI=1S/C21H18ClFN2O/c22-18-12-7-13-19(23)20(18)24-21(26)25(14-16-8-3-1-4-9-16)15-17-10-5-2-6-11-17/h1-13H,14-15H2,(H,24,26). The molecule has 0 heterocycles. The highest BCUT2D eigenvalue weighted by molar-refractivity contribution is 6.33. The predicted octanol–water partition coefficient (Wildman–Crippen LogP) is 5.71. The molecule has 0 unspecified atom stereocenters. The summed E-state index contributed by atoms with van der Waals surface area (Å²) in [6.45, 7) is 0.793. The van der Waals surface area contributed by atoms with E-state index in [0.717, 1.165) is 11.1 Å². The number of para-hydroxylation sites is 1. The minimum Gasteiger partial charge on any atom is -0.316 e. The molecule has 3 rings (SSSR count). The quantitative estimate of drug-likeness (QED) is 0.614. The molecule has 0 aromatic heterocycles. The summed E-state index contributed by atoms with van der Waals surface area (Å²) in [5.41, 5.74) is 1.96. The van der Waals surface area contributed by atoms with Gasteiger partial charge in [0.25, 0.3) is 0 Å². The van der Waals surface area contributed by atoms with Gasteiger partial charge in [0.1, 0.15) is 5.82 Å². The summed E-state index contributed by atoms with van der Waals surface area (Å²) in [6.07, 6.45) is 0. The maximum absolute atomic E-state index is 14.0. The SMILES string of the molecule is O=C(Nc1c(F)cccc1Cl)N(Cc1ccccc1)Cc1ccccc1. The Kier molecular flexibility index (Phi) is 5.87. The van der Waals surface area contributed by atoms with Crippen LogP contribution in [-0.4, -0.2) is 10.9 Å². The van der Waals surface area contributed by atoms with Crippen LogP contribution in [0.2, 0.25) is 5.02 Å². The Morgan fingerprint density at radius 3 is 1.88 bits per heavy atom. The highest BCUT2D eigenvalue weighted by Crippen LogP contribution is 2.25. The molecule has 0 aliphatic rings. The number of nitrogens with one attached hydrogen (secondary N) is 1. The molecule has 0 saturated carbocycles. The van der Waals surface area contributed by atoms with Crippen molar-refractivity contribution in [1.29, 1.82) is 0 Å². The maximum Gasteiger partial charge on any atom is 0.322 e. The molecule has 0 fully saturated rings. The van der Waals surface area contributed by atoms with E-state index in [2.05, 4.69) is 5.32 Å². The van der Waals surface area contributed by atoms with Gasteiger partial charge in [-0.05, 0) is 23.3 Å². The molecule has 2 amide bonds. The molecule has 3 nitrogen and oxygen atoms in total. The van der Waals surface area contributed by atoms with E-state index in [0.29, 0.717) is 13.1 Å². The average Bonchev–Trinajstić information content (AvgIpc) is 2.66. The Bertz CT molecular complexity index is 810. The highest BCUT2D eigenvalue weighted by Gasteiger charge is 2.18. The van der Waals surface area contributed by atoms with E-state index in [1.807, 2.05) is 60.7 Å². The molecule has 5 heteroatoms. The Morgan fingerprint density at radius 2 is 1.38 bits per heavy atom. The van der Waals surface area contributed by atoms with Gasteiger partial charge in [0.2, 0.25) is 0 Å². The van der Waals surface area contributed by atoms with Crippen LogP contribution in [0.1, 0.15) is 11.1 Å². The van der Waals surface area contributed by atoms with Crippen LogP contribution < -0.4 is 5.32 Å². The summed E-state index contributed by atoms with van der Waals surface area (Å²) < 4.78 is 14.0. The van der Waals surface area contributed by atoms with Crippen LogP contribution >= 0.6 is 11.6 Å². The van der Waals surface area contributed by atoms with Crippen LogP contribution in [0.5, 0.6) is 0 Å². The number of carbonyl (C=O) groups is 1. The molecule has 0 atom stereocenters. The van der Waals surface area contributed by atoms with Crippen molar-refractivity contribution in [2.24, 2.45) is 0 Å². The van der Waals surface area contributed by atoms with Gasteiger partial charge in [-0.3, -0.25) is 0 Å². The fourth-order valence-corrected chi connectivity index (χ4v) is 2.82. The summed E-state index contributed by atoms with van der Waals surface area (Å²) in [5, 5.41) is 2.76. The van der Waals surface area contributed by atoms with Gasteiger partial charge in [0.15, 0.2) is 0 Å². The van der Waals surface area contributed by atoms with E-state index in [9.17, 15) is 9.18 Å². The monoisotopic (exact) mass is 368 g/mol. The molecule has 0 aliphatic heterocycles. The van der Waals surface area contributed by atoms with E-state index in [4.69, 9.17) is 11.6 Å². The number of rotatable bonds is 5. The fraction of sp³-hybridized carbons (Fsp3) is 0.0952. The first-order chi connectivity index (χ1) is 12.6. The second kappa shape index (κ2) is 8.50. The second-order valence-electron chi connectivity index (χ2n) is 5.85. The van der Waals surface area contributed by atoms with E-state index in [-0.39, 0.29) is 10.7 Å². The molecule has 3 aromatic rings. The first-order valence-electron chi connectivity index (χ1n) is 8.21. The van der Waals surface area contributed by atoms with Crippen molar-refractivity contribution in [3.8, 4) is 0 Å². The Labute approximate surface area is 157 Å². The molecular weight excluding hydrogens is 351 g/mol. The number of amides is 2. The normalized spacial score (nSPS) is 10.4. The second-order valence-corrected chi connectivity index (χ2v) is 6.26. The fourth-order valence-electron chi connectivity index (χ4n) is 2.61. The molecule has 0 spiro atoms. The third-order valence-corrected chi connectivity index (χ3v) is 4.23. The minimum atomic E-state index is -0.565. The summed E-state index contributed by atoms with van der Waals surface area (Å²) >= 11 is 6.03. The first kappa shape index (κ1) is 18.0.